The van der Waals surface area contributed by atoms with Gasteiger partial charge in [-0.3, -0.25) is 4.79 Å². The summed E-state index contributed by atoms with van der Waals surface area (Å²) in [5, 5.41) is 20.3. The monoisotopic (exact) mass is 448 g/mol. The van der Waals surface area contributed by atoms with E-state index in [2.05, 4.69) is 22.6 Å². The van der Waals surface area contributed by atoms with Gasteiger partial charge in [-0.05, 0) is 47.6 Å². The van der Waals surface area contributed by atoms with E-state index >= 15 is 0 Å². The highest BCUT2D eigenvalue weighted by Gasteiger charge is 2.41. The average Bonchev–Trinajstić information content (AvgIpc) is 2.91. The van der Waals surface area contributed by atoms with Crippen LogP contribution in [0.3, 0.4) is 0 Å². The van der Waals surface area contributed by atoms with E-state index in [0.717, 1.165) is 16.4 Å². The number of nitrogens with zero attached hydrogens (tertiary/aromatic N) is 1. The number of carbonyl (C=O) groups is 1. The van der Waals surface area contributed by atoms with Crippen molar-refractivity contribution in [3.63, 3.8) is 0 Å². The van der Waals surface area contributed by atoms with Gasteiger partial charge in [0.05, 0.1) is 0 Å². The molecule has 1 aliphatic heterocycles. The van der Waals surface area contributed by atoms with E-state index < -0.39 is 17.7 Å². The van der Waals surface area contributed by atoms with Gasteiger partial charge in [0, 0.05) is 22.2 Å². The zero-order valence-electron chi connectivity index (χ0n) is 11.2. The quantitative estimate of drug-likeness (QED) is 0.479. The molecule has 5 nitrogen and oxygen atoms in total. The summed E-state index contributed by atoms with van der Waals surface area (Å²) in [5.74, 6) is -2.76. The van der Waals surface area contributed by atoms with Crippen molar-refractivity contribution in [2.45, 2.75) is 24.7 Å². The molecule has 0 bridgehead atoms. The Kier molecular flexibility index (Phi) is 8.45. The summed E-state index contributed by atoms with van der Waals surface area (Å²) < 4.78 is 0.969. The lowest BCUT2D eigenvalue weighted by atomic mass is 9.98. The summed E-state index contributed by atoms with van der Waals surface area (Å²) in [6.07, 6.45) is 1.87. The number of hydrogen-bond acceptors (Lipinski definition) is 4. The van der Waals surface area contributed by atoms with Crippen LogP contribution in [0, 0.1) is 3.57 Å². The SMILES string of the molecule is Cl.Cl.NC(C(=O)N1CCCC1)C(O)(O)c1ccc(I)cc1. The molecule has 1 heterocycles. The summed E-state index contributed by atoms with van der Waals surface area (Å²) in [5.41, 5.74) is 5.98. The molecule has 1 unspecified atom stereocenters. The molecule has 0 radical (unpaired) electrons. The molecule has 1 atom stereocenters. The highest BCUT2D eigenvalue weighted by Crippen LogP contribution is 2.24. The predicted octanol–water partition coefficient (Wildman–Crippen LogP) is 1.22. The van der Waals surface area contributed by atoms with Crippen LogP contribution < -0.4 is 5.73 Å². The summed E-state index contributed by atoms with van der Waals surface area (Å²) in [4.78, 5) is 13.7. The van der Waals surface area contributed by atoms with Gasteiger partial charge in [-0.15, -0.1) is 24.8 Å². The summed E-state index contributed by atoms with van der Waals surface area (Å²) in [6, 6.07) is 5.25. The van der Waals surface area contributed by atoms with E-state index in [4.69, 9.17) is 5.73 Å². The fourth-order valence-corrected chi connectivity index (χ4v) is 2.54. The van der Waals surface area contributed by atoms with Crippen LogP contribution in [0.15, 0.2) is 24.3 Å². The Hall–Kier alpha value is -0.120. The van der Waals surface area contributed by atoms with E-state index in [1.165, 1.54) is 0 Å². The molecule has 120 valence electrons. The third-order valence-corrected chi connectivity index (χ3v) is 4.11. The van der Waals surface area contributed by atoms with Crippen LogP contribution in [-0.2, 0) is 10.6 Å². The molecule has 1 fully saturated rings. The lowest BCUT2D eigenvalue weighted by Gasteiger charge is -2.30. The van der Waals surface area contributed by atoms with Crippen LogP contribution in [0.5, 0.6) is 0 Å². The lowest BCUT2D eigenvalue weighted by molar-refractivity contribution is -0.193. The van der Waals surface area contributed by atoms with Gasteiger partial charge in [0.25, 0.3) is 0 Å². The zero-order chi connectivity index (χ0) is 14.0. The molecule has 8 heteroatoms. The summed E-state index contributed by atoms with van der Waals surface area (Å²) >= 11 is 2.12. The standard InChI is InChI=1S/C13H17IN2O3.2ClH/c14-10-5-3-9(4-6-10)13(18,19)11(15)12(17)16-7-1-2-8-16;;/h3-6,11,18-19H,1-2,7-8,15H2;2*1H. The third-order valence-electron chi connectivity index (χ3n) is 3.39. The molecule has 1 aromatic rings. The van der Waals surface area contributed by atoms with Gasteiger partial charge < -0.3 is 20.8 Å². The van der Waals surface area contributed by atoms with E-state index in [-0.39, 0.29) is 30.4 Å². The number of amides is 1. The van der Waals surface area contributed by atoms with Gasteiger partial charge in [-0.2, -0.15) is 0 Å². The number of hydrogen-bond donors (Lipinski definition) is 3. The van der Waals surface area contributed by atoms with Gasteiger partial charge in [-0.1, -0.05) is 12.1 Å². The largest absolute Gasteiger partial charge is 0.360 e. The summed E-state index contributed by atoms with van der Waals surface area (Å²) in [6.45, 7) is 1.27. The Morgan fingerprint density at radius 3 is 2.14 bits per heavy atom. The molecule has 1 aliphatic rings. The van der Waals surface area contributed by atoms with Crippen molar-refractivity contribution in [2.75, 3.05) is 13.1 Å². The number of rotatable bonds is 3. The molecular weight excluding hydrogens is 430 g/mol. The molecule has 0 saturated carbocycles. The zero-order valence-corrected chi connectivity index (χ0v) is 15.0. The van der Waals surface area contributed by atoms with Gasteiger partial charge in [-0.25, -0.2) is 0 Å². The Balaban J connectivity index is 0.00000200. The van der Waals surface area contributed by atoms with E-state index in [1.54, 1.807) is 29.2 Å². The highest BCUT2D eigenvalue weighted by atomic mass is 127. The number of benzene rings is 1. The van der Waals surface area contributed by atoms with Crippen molar-refractivity contribution in [2.24, 2.45) is 5.73 Å². The number of likely N-dealkylation sites (tertiary alicyclic amines) is 1. The molecule has 2 rings (SSSR count). The molecule has 1 aromatic carbocycles. The van der Waals surface area contributed by atoms with E-state index in [1.807, 2.05) is 0 Å². The van der Waals surface area contributed by atoms with Gasteiger partial charge in [0.15, 0.2) is 0 Å². The van der Waals surface area contributed by atoms with Crippen LogP contribution >= 0.6 is 47.4 Å². The van der Waals surface area contributed by atoms with Crippen LogP contribution in [0.2, 0.25) is 0 Å². The Morgan fingerprint density at radius 1 is 1.19 bits per heavy atom. The maximum Gasteiger partial charge on any atom is 0.245 e. The fourth-order valence-electron chi connectivity index (χ4n) is 2.18. The first-order valence-corrected chi connectivity index (χ1v) is 7.26. The number of nitrogens with two attached hydrogens (primary N) is 1. The normalized spacial score (nSPS) is 15.9. The molecule has 1 saturated heterocycles. The van der Waals surface area contributed by atoms with Crippen molar-refractivity contribution < 1.29 is 15.0 Å². The van der Waals surface area contributed by atoms with E-state index in [9.17, 15) is 15.0 Å². The predicted molar refractivity (Wildman–Crippen MR) is 93.6 cm³/mol. The lowest BCUT2D eigenvalue weighted by Crippen LogP contribution is -2.55. The Morgan fingerprint density at radius 2 is 1.67 bits per heavy atom. The molecule has 0 spiro atoms. The molecule has 4 N–H and O–H groups in total. The highest BCUT2D eigenvalue weighted by molar-refractivity contribution is 14.1. The van der Waals surface area contributed by atoms with Crippen molar-refractivity contribution in [3.8, 4) is 0 Å². The third kappa shape index (κ3) is 4.67. The van der Waals surface area contributed by atoms with Crippen molar-refractivity contribution in [1.82, 2.24) is 4.90 Å². The van der Waals surface area contributed by atoms with Crippen LogP contribution in [0.4, 0.5) is 0 Å². The summed E-state index contributed by atoms with van der Waals surface area (Å²) in [7, 11) is 0. The molecule has 1 amide bonds. The fraction of sp³-hybridized carbons (Fsp3) is 0.462. The minimum Gasteiger partial charge on any atom is -0.360 e. The maximum absolute atomic E-state index is 12.1. The van der Waals surface area contributed by atoms with Gasteiger partial charge >= 0.3 is 0 Å². The minimum atomic E-state index is -2.34. The second-order valence-corrected chi connectivity index (χ2v) is 5.99. The van der Waals surface area contributed by atoms with E-state index in [0.29, 0.717) is 13.1 Å². The molecule has 21 heavy (non-hydrogen) atoms. The Bertz CT molecular complexity index is 465. The smallest absolute Gasteiger partial charge is 0.245 e. The molecule has 0 aliphatic carbocycles. The Labute approximate surface area is 149 Å². The van der Waals surface area contributed by atoms with Crippen LogP contribution in [0.25, 0.3) is 0 Å². The number of aliphatic hydroxyl groups is 2. The van der Waals surface area contributed by atoms with Crippen LogP contribution in [0.1, 0.15) is 18.4 Å². The van der Waals surface area contributed by atoms with Crippen LogP contribution in [-0.4, -0.2) is 40.2 Å². The van der Waals surface area contributed by atoms with Gasteiger partial charge in [0.2, 0.25) is 11.7 Å². The van der Waals surface area contributed by atoms with Crippen molar-refractivity contribution >= 4 is 53.3 Å². The second kappa shape index (κ2) is 8.50. The topological polar surface area (TPSA) is 86.8 Å². The van der Waals surface area contributed by atoms with Gasteiger partial charge in [0.1, 0.15) is 6.04 Å². The first kappa shape index (κ1) is 20.9. The molecular formula is C13H19Cl2IN2O3. The number of halogens is 3. The maximum atomic E-state index is 12.1. The minimum absolute atomic E-state index is 0. The second-order valence-electron chi connectivity index (χ2n) is 4.74. The molecule has 0 aromatic heterocycles. The number of carbonyl (C=O) groups excluding carboxylic acids is 1. The van der Waals surface area contributed by atoms with Crippen molar-refractivity contribution in [3.05, 3.63) is 33.4 Å². The first-order chi connectivity index (χ1) is 8.93. The first-order valence-electron chi connectivity index (χ1n) is 6.18. The average molecular weight is 449 g/mol. The van der Waals surface area contributed by atoms with Crippen molar-refractivity contribution in [1.29, 1.82) is 0 Å².